The highest BCUT2D eigenvalue weighted by molar-refractivity contribution is 5.93. The van der Waals surface area contributed by atoms with E-state index in [9.17, 15) is 4.79 Å². The summed E-state index contributed by atoms with van der Waals surface area (Å²) in [5.41, 5.74) is 2.31. The van der Waals surface area contributed by atoms with Crippen molar-refractivity contribution in [3.63, 3.8) is 0 Å². The van der Waals surface area contributed by atoms with Gasteiger partial charge in [0.2, 0.25) is 0 Å². The monoisotopic (exact) mass is 298 g/mol. The molecular formula is C17H22N4O. The quantitative estimate of drug-likeness (QED) is 0.923. The fourth-order valence-corrected chi connectivity index (χ4v) is 3.04. The molecule has 1 aliphatic carbocycles. The molecule has 0 unspecified atom stereocenters. The van der Waals surface area contributed by atoms with Crippen LogP contribution in [0.1, 0.15) is 55.2 Å². The molecule has 1 aromatic heterocycles. The van der Waals surface area contributed by atoms with Gasteiger partial charge in [-0.05, 0) is 31.4 Å². The number of carbonyl (C=O) groups is 1. The number of carbonyl (C=O) groups excluding carboxylic acids is 1. The molecule has 0 aliphatic heterocycles. The van der Waals surface area contributed by atoms with E-state index in [1.165, 1.54) is 12.8 Å². The third-order valence-corrected chi connectivity index (χ3v) is 4.16. The first-order valence-corrected chi connectivity index (χ1v) is 8.10. The van der Waals surface area contributed by atoms with Gasteiger partial charge in [0.05, 0.1) is 11.4 Å². The number of hydrogen-bond donors (Lipinski definition) is 1. The second kappa shape index (κ2) is 6.73. The number of para-hydroxylation sites is 1. The number of amides is 1. The SMILES string of the molecule is CCCc1c(C(=O)NC2CCCC2)nnn1-c1ccccc1. The maximum Gasteiger partial charge on any atom is 0.273 e. The van der Waals surface area contributed by atoms with E-state index in [1.807, 2.05) is 30.3 Å². The second-order valence-corrected chi connectivity index (χ2v) is 5.84. The van der Waals surface area contributed by atoms with Crippen molar-refractivity contribution in [2.24, 2.45) is 0 Å². The minimum absolute atomic E-state index is 0.0856. The molecule has 1 aromatic carbocycles. The molecular weight excluding hydrogens is 276 g/mol. The maximum absolute atomic E-state index is 12.5. The van der Waals surface area contributed by atoms with Gasteiger partial charge < -0.3 is 5.32 Å². The zero-order valence-electron chi connectivity index (χ0n) is 13.0. The fraction of sp³-hybridized carbons (Fsp3) is 0.471. The van der Waals surface area contributed by atoms with Crippen molar-refractivity contribution in [3.05, 3.63) is 41.7 Å². The zero-order chi connectivity index (χ0) is 15.4. The average Bonchev–Trinajstić information content (AvgIpc) is 3.18. The standard InChI is InChI=1S/C17H22N4O/c1-2-8-15-16(17(22)18-13-9-6-7-10-13)19-20-21(15)14-11-4-3-5-12-14/h3-5,11-13H,2,6-10H2,1H3,(H,18,22). The average molecular weight is 298 g/mol. The Morgan fingerprint density at radius 3 is 2.68 bits per heavy atom. The van der Waals surface area contributed by atoms with Crippen LogP contribution in [-0.2, 0) is 6.42 Å². The van der Waals surface area contributed by atoms with Gasteiger partial charge in [-0.15, -0.1) is 5.10 Å². The highest BCUT2D eigenvalue weighted by Gasteiger charge is 2.23. The molecule has 0 saturated heterocycles. The molecule has 1 amide bonds. The van der Waals surface area contributed by atoms with Gasteiger partial charge in [0, 0.05) is 6.04 Å². The Bertz CT molecular complexity index is 629. The van der Waals surface area contributed by atoms with Crippen molar-refractivity contribution < 1.29 is 4.79 Å². The van der Waals surface area contributed by atoms with Gasteiger partial charge in [-0.2, -0.15) is 0 Å². The second-order valence-electron chi connectivity index (χ2n) is 5.84. The Kier molecular flexibility index (Phi) is 4.51. The summed E-state index contributed by atoms with van der Waals surface area (Å²) in [6.07, 6.45) is 6.27. The Labute approximate surface area is 130 Å². The molecule has 1 fully saturated rings. The summed E-state index contributed by atoms with van der Waals surface area (Å²) >= 11 is 0. The minimum Gasteiger partial charge on any atom is -0.348 e. The Balaban J connectivity index is 1.87. The van der Waals surface area contributed by atoms with Gasteiger partial charge in [0.25, 0.3) is 5.91 Å². The first-order chi connectivity index (χ1) is 10.8. The molecule has 22 heavy (non-hydrogen) atoms. The lowest BCUT2D eigenvalue weighted by Crippen LogP contribution is -2.33. The van der Waals surface area contributed by atoms with Crippen LogP contribution in [0.5, 0.6) is 0 Å². The Morgan fingerprint density at radius 1 is 1.27 bits per heavy atom. The van der Waals surface area contributed by atoms with Crippen molar-refractivity contribution in [1.82, 2.24) is 20.3 Å². The number of hydrogen-bond acceptors (Lipinski definition) is 3. The van der Waals surface area contributed by atoms with Crippen molar-refractivity contribution in [3.8, 4) is 5.69 Å². The molecule has 0 atom stereocenters. The summed E-state index contributed by atoms with van der Waals surface area (Å²) in [5.74, 6) is -0.0856. The predicted molar refractivity (Wildman–Crippen MR) is 85.1 cm³/mol. The van der Waals surface area contributed by atoms with Gasteiger partial charge in [0.15, 0.2) is 5.69 Å². The van der Waals surface area contributed by atoms with E-state index in [0.29, 0.717) is 11.7 Å². The van der Waals surface area contributed by atoms with Gasteiger partial charge in [-0.3, -0.25) is 4.79 Å². The van der Waals surface area contributed by atoms with Gasteiger partial charge in [-0.1, -0.05) is 49.6 Å². The van der Waals surface area contributed by atoms with E-state index < -0.39 is 0 Å². The van der Waals surface area contributed by atoms with Crippen molar-refractivity contribution in [2.45, 2.75) is 51.5 Å². The Morgan fingerprint density at radius 2 is 2.00 bits per heavy atom. The van der Waals surface area contributed by atoms with Crippen LogP contribution in [0.25, 0.3) is 5.69 Å². The van der Waals surface area contributed by atoms with E-state index >= 15 is 0 Å². The molecule has 5 heteroatoms. The predicted octanol–water partition coefficient (Wildman–Crippen LogP) is 2.89. The fourth-order valence-electron chi connectivity index (χ4n) is 3.04. The van der Waals surface area contributed by atoms with E-state index in [2.05, 4.69) is 22.6 Å². The molecule has 0 spiro atoms. The first kappa shape index (κ1) is 14.8. The van der Waals surface area contributed by atoms with Crippen LogP contribution in [0.4, 0.5) is 0 Å². The van der Waals surface area contributed by atoms with Crippen LogP contribution >= 0.6 is 0 Å². The van der Waals surface area contributed by atoms with E-state index in [1.54, 1.807) is 4.68 Å². The van der Waals surface area contributed by atoms with Gasteiger partial charge >= 0.3 is 0 Å². The topological polar surface area (TPSA) is 59.8 Å². The summed E-state index contributed by atoms with van der Waals surface area (Å²) in [5, 5.41) is 11.5. The van der Waals surface area contributed by atoms with E-state index in [0.717, 1.165) is 37.1 Å². The minimum atomic E-state index is -0.0856. The van der Waals surface area contributed by atoms with E-state index in [-0.39, 0.29) is 5.91 Å². The molecule has 0 radical (unpaired) electrons. The van der Waals surface area contributed by atoms with Crippen molar-refractivity contribution in [2.75, 3.05) is 0 Å². The summed E-state index contributed by atoms with van der Waals surface area (Å²) < 4.78 is 1.78. The molecule has 1 saturated carbocycles. The lowest BCUT2D eigenvalue weighted by atomic mass is 10.1. The van der Waals surface area contributed by atoms with Crippen LogP contribution < -0.4 is 5.32 Å². The molecule has 2 aromatic rings. The zero-order valence-corrected chi connectivity index (χ0v) is 13.0. The van der Waals surface area contributed by atoms with Gasteiger partial charge in [0.1, 0.15) is 0 Å². The number of nitrogens with one attached hydrogen (secondary N) is 1. The van der Waals surface area contributed by atoms with Crippen molar-refractivity contribution >= 4 is 5.91 Å². The normalized spacial score (nSPS) is 15.1. The van der Waals surface area contributed by atoms with Crippen LogP contribution in [0.3, 0.4) is 0 Å². The van der Waals surface area contributed by atoms with Crippen LogP contribution in [0.2, 0.25) is 0 Å². The molecule has 1 heterocycles. The van der Waals surface area contributed by atoms with Gasteiger partial charge in [-0.25, -0.2) is 4.68 Å². The molecule has 1 N–H and O–H groups in total. The molecule has 1 aliphatic rings. The highest BCUT2D eigenvalue weighted by atomic mass is 16.2. The number of rotatable bonds is 5. The summed E-state index contributed by atoms with van der Waals surface area (Å²) in [4.78, 5) is 12.5. The lowest BCUT2D eigenvalue weighted by Gasteiger charge is -2.11. The summed E-state index contributed by atoms with van der Waals surface area (Å²) in [6, 6.07) is 10.1. The maximum atomic E-state index is 12.5. The Hall–Kier alpha value is -2.17. The summed E-state index contributed by atoms with van der Waals surface area (Å²) in [6.45, 7) is 2.10. The molecule has 0 bridgehead atoms. The lowest BCUT2D eigenvalue weighted by molar-refractivity contribution is 0.0931. The first-order valence-electron chi connectivity index (χ1n) is 8.10. The summed E-state index contributed by atoms with van der Waals surface area (Å²) in [7, 11) is 0. The largest absolute Gasteiger partial charge is 0.348 e. The number of aromatic nitrogens is 3. The van der Waals surface area contributed by atoms with Crippen LogP contribution in [0, 0.1) is 0 Å². The van der Waals surface area contributed by atoms with Crippen LogP contribution in [-0.4, -0.2) is 26.9 Å². The number of nitrogens with zero attached hydrogens (tertiary/aromatic N) is 3. The highest BCUT2D eigenvalue weighted by Crippen LogP contribution is 2.19. The van der Waals surface area contributed by atoms with E-state index in [4.69, 9.17) is 0 Å². The third-order valence-electron chi connectivity index (χ3n) is 4.16. The molecule has 116 valence electrons. The van der Waals surface area contributed by atoms with Crippen molar-refractivity contribution in [1.29, 1.82) is 0 Å². The smallest absolute Gasteiger partial charge is 0.273 e. The number of benzene rings is 1. The third kappa shape index (κ3) is 3.03. The molecule has 5 nitrogen and oxygen atoms in total. The molecule has 3 rings (SSSR count). The van der Waals surface area contributed by atoms with Crippen LogP contribution in [0.15, 0.2) is 30.3 Å².